The number of hydrogen-bond acceptors (Lipinski definition) is 5. The van der Waals surface area contributed by atoms with E-state index in [4.69, 9.17) is 15.3 Å². The first kappa shape index (κ1) is 20.0. The molecule has 0 spiro atoms. The van der Waals surface area contributed by atoms with Gasteiger partial charge in [-0.2, -0.15) is 0 Å². The summed E-state index contributed by atoms with van der Waals surface area (Å²) in [5.74, 6) is 5.20. The Kier molecular flexibility index (Phi) is 5.23. The minimum absolute atomic E-state index is 0.377. The summed E-state index contributed by atoms with van der Waals surface area (Å²) in [7, 11) is 0. The fourth-order valence-corrected chi connectivity index (χ4v) is 3.65. The molecular weight excluding hydrogens is 365 g/mol. The van der Waals surface area contributed by atoms with Crippen LogP contribution in [0.2, 0.25) is 0 Å². The number of halogens is 1. The summed E-state index contributed by atoms with van der Waals surface area (Å²) in [5.41, 5.74) is 0.766. The highest BCUT2D eigenvalue weighted by atomic mass is 19.1. The third kappa shape index (κ3) is 4.21. The molecule has 2 N–H and O–H groups in total. The predicted molar refractivity (Wildman–Crippen MR) is 103 cm³/mol. The summed E-state index contributed by atoms with van der Waals surface area (Å²) in [6.45, 7) is 7.18. The number of carbonyl (C=O) groups is 2. The van der Waals surface area contributed by atoms with Crippen LogP contribution in [-0.2, 0) is 20.7 Å². The largest absolute Gasteiger partial charge is 0.460 e. The number of benzene rings is 1. The normalized spacial score (nSPS) is 19.8. The lowest BCUT2D eigenvalue weighted by atomic mass is 10.0. The number of nitrogen functional groups attached to an aromatic ring is 1. The van der Waals surface area contributed by atoms with Crippen LogP contribution in [0, 0.1) is 5.82 Å². The number of esters is 1. The van der Waals surface area contributed by atoms with E-state index in [1.54, 1.807) is 37.9 Å². The second-order valence-electron chi connectivity index (χ2n) is 8.10. The van der Waals surface area contributed by atoms with Crippen molar-refractivity contribution in [2.45, 2.75) is 58.3 Å². The number of nitrogens with two attached hydrogens (primary N) is 1. The molecule has 28 heavy (non-hydrogen) atoms. The molecule has 1 aromatic carbocycles. The van der Waals surface area contributed by atoms with E-state index in [2.05, 4.69) is 0 Å². The molecule has 1 aromatic heterocycles. The highest BCUT2D eigenvalue weighted by molar-refractivity contribution is 5.84. The zero-order chi connectivity index (χ0) is 20.6. The highest BCUT2D eigenvalue weighted by Crippen LogP contribution is 2.30. The molecule has 0 bridgehead atoms. The van der Waals surface area contributed by atoms with E-state index in [9.17, 15) is 14.0 Å². The number of hydrogen-bond donors (Lipinski definition) is 1. The third-order valence-electron chi connectivity index (χ3n) is 4.74. The Morgan fingerprint density at radius 2 is 2.04 bits per heavy atom. The van der Waals surface area contributed by atoms with Crippen LogP contribution in [0.15, 0.2) is 24.4 Å². The quantitative estimate of drug-likeness (QED) is 0.642. The molecule has 2 atom stereocenters. The SMILES string of the molecule is CC(=O)O[C@H]1CCN(C(=O)OC(C)(C)C)[C@@H]1Cc1cn(N)c2cc(F)ccc12. The molecule has 3 rings (SSSR count). The maximum Gasteiger partial charge on any atom is 0.410 e. The Morgan fingerprint density at radius 1 is 1.32 bits per heavy atom. The molecule has 2 aromatic rings. The fourth-order valence-electron chi connectivity index (χ4n) is 3.65. The minimum Gasteiger partial charge on any atom is -0.460 e. The Labute approximate surface area is 163 Å². The Bertz CT molecular complexity index is 903. The molecule has 2 heterocycles. The molecule has 0 radical (unpaired) electrons. The van der Waals surface area contributed by atoms with Crippen LogP contribution in [0.1, 0.15) is 39.7 Å². The highest BCUT2D eigenvalue weighted by Gasteiger charge is 2.41. The van der Waals surface area contributed by atoms with Crippen molar-refractivity contribution in [2.75, 3.05) is 12.4 Å². The van der Waals surface area contributed by atoms with Gasteiger partial charge in [0.25, 0.3) is 0 Å². The van der Waals surface area contributed by atoms with Gasteiger partial charge in [-0.1, -0.05) is 0 Å². The van der Waals surface area contributed by atoms with Crippen LogP contribution in [0.3, 0.4) is 0 Å². The minimum atomic E-state index is -0.633. The van der Waals surface area contributed by atoms with E-state index >= 15 is 0 Å². The van der Waals surface area contributed by atoms with Gasteiger partial charge in [-0.05, 0) is 44.9 Å². The van der Waals surface area contributed by atoms with Crippen molar-refractivity contribution in [3.05, 3.63) is 35.8 Å². The van der Waals surface area contributed by atoms with Crippen molar-refractivity contribution in [1.29, 1.82) is 0 Å². The van der Waals surface area contributed by atoms with E-state index in [1.807, 2.05) is 0 Å². The zero-order valence-corrected chi connectivity index (χ0v) is 16.6. The van der Waals surface area contributed by atoms with Gasteiger partial charge in [0.2, 0.25) is 0 Å². The third-order valence-corrected chi connectivity index (χ3v) is 4.74. The zero-order valence-electron chi connectivity index (χ0n) is 16.6. The average Bonchev–Trinajstić information content (AvgIpc) is 3.08. The summed E-state index contributed by atoms with van der Waals surface area (Å²) in [6, 6.07) is 4.00. The number of likely N-dealkylation sites (tertiary alicyclic amines) is 1. The van der Waals surface area contributed by atoms with Crippen molar-refractivity contribution in [3.63, 3.8) is 0 Å². The lowest BCUT2D eigenvalue weighted by Gasteiger charge is -2.30. The molecule has 1 aliphatic rings. The molecule has 8 heteroatoms. The maximum atomic E-state index is 13.6. The van der Waals surface area contributed by atoms with Gasteiger partial charge < -0.3 is 20.2 Å². The van der Waals surface area contributed by atoms with Crippen molar-refractivity contribution in [2.24, 2.45) is 0 Å². The number of amides is 1. The standard InChI is InChI=1S/C20H26FN3O4/c1-12(25)27-18-7-8-23(19(26)28-20(2,3)4)17(18)9-13-11-24(22)16-10-14(21)5-6-15(13)16/h5-6,10-11,17-18H,7-9,22H2,1-4H3/t17-,18+/m1/s1. The first-order valence-corrected chi connectivity index (χ1v) is 9.26. The van der Waals surface area contributed by atoms with E-state index in [1.165, 1.54) is 23.7 Å². The second-order valence-corrected chi connectivity index (χ2v) is 8.10. The fraction of sp³-hybridized carbons (Fsp3) is 0.500. The van der Waals surface area contributed by atoms with Gasteiger partial charge in [0.1, 0.15) is 17.5 Å². The van der Waals surface area contributed by atoms with Gasteiger partial charge in [-0.3, -0.25) is 9.47 Å². The van der Waals surface area contributed by atoms with Gasteiger partial charge in [0.15, 0.2) is 0 Å². The number of fused-ring (bicyclic) bond motifs is 1. The summed E-state index contributed by atoms with van der Waals surface area (Å²) in [4.78, 5) is 25.8. The van der Waals surface area contributed by atoms with Gasteiger partial charge in [-0.25, -0.2) is 9.18 Å². The topological polar surface area (TPSA) is 86.8 Å². The van der Waals surface area contributed by atoms with Crippen molar-refractivity contribution in [3.8, 4) is 0 Å². The van der Waals surface area contributed by atoms with Crippen LogP contribution < -0.4 is 5.84 Å². The van der Waals surface area contributed by atoms with Gasteiger partial charge in [0, 0.05) is 37.5 Å². The predicted octanol–water partition coefficient (Wildman–Crippen LogP) is 2.98. The number of aromatic nitrogens is 1. The van der Waals surface area contributed by atoms with E-state index in [0.717, 1.165) is 10.9 Å². The molecule has 1 aliphatic heterocycles. The Morgan fingerprint density at radius 3 is 2.68 bits per heavy atom. The Balaban J connectivity index is 1.92. The first-order valence-electron chi connectivity index (χ1n) is 9.26. The first-order chi connectivity index (χ1) is 13.0. The monoisotopic (exact) mass is 391 g/mol. The van der Waals surface area contributed by atoms with Crippen molar-refractivity contribution < 1.29 is 23.5 Å². The van der Waals surface area contributed by atoms with E-state index in [0.29, 0.717) is 24.9 Å². The lowest BCUT2D eigenvalue weighted by Crippen LogP contribution is -2.44. The summed E-state index contributed by atoms with van der Waals surface area (Å²) in [6.07, 6.45) is 1.75. The summed E-state index contributed by atoms with van der Waals surface area (Å²) < 4.78 is 25.9. The van der Waals surface area contributed by atoms with Crippen molar-refractivity contribution >= 4 is 23.0 Å². The van der Waals surface area contributed by atoms with Gasteiger partial charge in [0.05, 0.1) is 11.6 Å². The lowest BCUT2D eigenvalue weighted by molar-refractivity contribution is -0.147. The average molecular weight is 391 g/mol. The van der Waals surface area contributed by atoms with Crippen LogP contribution in [0.5, 0.6) is 0 Å². The second kappa shape index (κ2) is 7.33. The van der Waals surface area contributed by atoms with E-state index in [-0.39, 0.29) is 5.82 Å². The molecule has 0 unspecified atom stereocenters. The summed E-state index contributed by atoms with van der Waals surface area (Å²) >= 11 is 0. The van der Waals surface area contributed by atoms with Crippen LogP contribution in [0.25, 0.3) is 10.9 Å². The molecule has 1 amide bonds. The number of rotatable bonds is 3. The van der Waals surface area contributed by atoms with Crippen molar-refractivity contribution in [1.82, 2.24) is 9.58 Å². The molecule has 0 saturated carbocycles. The molecule has 7 nitrogen and oxygen atoms in total. The molecule has 1 saturated heterocycles. The Hall–Kier alpha value is -2.77. The van der Waals surface area contributed by atoms with Crippen LogP contribution in [-0.4, -0.2) is 45.9 Å². The van der Waals surface area contributed by atoms with Crippen LogP contribution >= 0.6 is 0 Å². The molecule has 0 aliphatic carbocycles. The summed E-state index contributed by atoms with van der Waals surface area (Å²) in [5, 5.41) is 0.793. The van der Waals surface area contributed by atoms with Gasteiger partial charge >= 0.3 is 12.1 Å². The maximum absolute atomic E-state index is 13.6. The number of ether oxygens (including phenoxy) is 2. The molecular formula is C20H26FN3O4. The number of nitrogens with zero attached hydrogens (tertiary/aromatic N) is 2. The smallest absolute Gasteiger partial charge is 0.410 e. The van der Waals surface area contributed by atoms with E-state index < -0.39 is 29.8 Å². The molecule has 1 fully saturated rings. The molecule has 152 valence electrons. The van der Waals surface area contributed by atoms with Crippen LogP contribution in [0.4, 0.5) is 9.18 Å². The van der Waals surface area contributed by atoms with Gasteiger partial charge in [-0.15, -0.1) is 0 Å². The number of carbonyl (C=O) groups excluding carboxylic acids is 2.